The topological polar surface area (TPSA) is 49.4 Å². The van der Waals surface area contributed by atoms with E-state index in [1.807, 2.05) is 61.2 Å². The van der Waals surface area contributed by atoms with Crippen molar-refractivity contribution in [2.24, 2.45) is 0 Å². The highest BCUT2D eigenvalue weighted by molar-refractivity contribution is 8.00. The summed E-state index contributed by atoms with van der Waals surface area (Å²) in [5.74, 6) is -0.160. The van der Waals surface area contributed by atoms with Gasteiger partial charge in [0.05, 0.1) is 5.75 Å². The summed E-state index contributed by atoms with van der Waals surface area (Å²) < 4.78 is 13.0. The molecule has 1 aliphatic rings. The molecule has 4 nitrogen and oxygen atoms in total. The van der Waals surface area contributed by atoms with Gasteiger partial charge in [-0.3, -0.25) is 14.5 Å². The van der Waals surface area contributed by atoms with Gasteiger partial charge in [-0.05, 0) is 73.0 Å². The highest BCUT2D eigenvalue weighted by atomic mass is 32.2. The second-order valence-corrected chi connectivity index (χ2v) is 8.30. The van der Waals surface area contributed by atoms with Crippen LogP contribution in [-0.2, 0) is 4.79 Å². The molecular weight excluding hydrogens is 399 g/mol. The van der Waals surface area contributed by atoms with Gasteiger partial charge >= 0.3 is 0 Å². The summed E-state index contributed by atoms with van der Waals surface area (Å²) in [6.45, 7) is 4.08. The predicted molar refractivity (Wildman–Crippen MR) is 119 cm³/mol. The molecule has 152 valence electrons. The Labute approximate surface area is 179 Å². The zero-order valence-corrected chi connectivity index (χ0v) is 17.5. The van der Waals surface area contributed by atoms with E-state index in [1.165, 1.54) is 24.3 Å². The average Bonchev–Trinajstić information content (AvgIpc) is 3.12. The Morgan fingerprint density at radius 2 is 1.73 bits per heavy atom. The molecule has 6 heteroatoms. The Hall–Kier alpha value is -3.12. The highest BCUT2D eigenvalue weighted by Crippen LogP contribution is 2.43. The number of hydrogen-bond donors (Lipinski definition) is 1. The molecule has 0 aliphatic carbocycles. The first-order valence-corrected chi connectivity index (χ1v) is 10.7. The molecule has 0 spiro atoms. The van der Waals surface area contributed by atoms with Gasteiger partial charge < -0.3 is 5.32 Å². The summed E-state index contributed by atoms with van der Waals surface area (Å²) in [7, 11) is 0. The van der Waals surface area contributed by atoms with Crippen LogP contribution in [0.15, 0.2) is 66.7 Å². The van der Waals surface area contributed by atoms with Gasteiger partial charge in [-0.2, -0.15) is 0 Å². The van der Waals surface area contributed by atoms with Crippen LogP contribution in [0.3, 0.4) is 0 Å². The van der Waals surface area contributed by atoms with Crippen molar-refractivity contribution in [1.82, 2.24) is 0 Å². The Balaban J connectivity index is 1.54. The molecule has 4 rings (SSSR count). The Kier molecular flexibility index (Phi) is 5.59. The third-order valence-electron chi connectivity index (χ3n) is 5.26. The summed E-state index contributed by atoms with van der Waals surface area (Å²) in [4.78, 5) is 26.8. The van der Waals surface area contributed by atoms with Crippen molar-refractivity contribution in [2.75, 3.05) is 16.0 Å². The lowest BCUT2D eigenvalue weighted by Gasteiger charge is -2.26. The van der Waals surface area contributed by atoms with E-state index in [-0.39, 0.29) is 23.0 Å². The van der Waals surface area contributed by atoms with Crippen LogP contribution in [0.5, 0.6) is 0 Å². The minimum Gasteiger partial charge on any atom is -0.322 e. The molecular formula is C24H21FN2O2S. The van der Waals surface area contributed by atoms with Gasteiger partial charge in [0, 0.05) is 16.9 Å². The fourth-order valence-electron chi connectivity index (χ4n) is 3.46. The van der Waals surface area contributed by atoms with Crippen LogP contribution < -0.4 is 10.2 Å². The van der Waals surface area contributed by atoms with Gasteiger partial charge in [0.2, 0.25) is 5.91 Å². The molecule has 0 bridgehead atoms. The lowest BCUT2D eigenvalue weighted by Crippen LogP contribution is -2.28. The monoisotopic (exact) mass is 420 g/mol. The van der Waals surface area contributed by atoms with Gasteiger partial charge in [-0.25, -0.2) is 4.39 Å². The van der Waals surface area contributed by atoms with E-state index < -0.39 is 0 Å². The number of carbonyl (C=O) groups is 2. The van der Waals surface area contributed by atoms with E-state index in [1.54, 1.807) is 11.8 Å². The van der Waals surface area contributed by atoms with Crippen LogP contribution in [0.1, 0.15) is 32.4 Å². The smallest absolute Gasteiger partial charge is 0.255 e. The van der Waals surface area contributed by atoms with E-state index in [9.17, 15) is 14.0 Å². The zero-order chi connectivity index (χ0) is 21.3. The maximum absolute atomic E-state index is 13.0. The molecule has 1 saturated heterocycles. The molecule has 1 unspecified atom stereocenters. The van der Waals surface area contributed by atoms with Crippen LogP contribution in [-0.4, -0.2) is 17.6 Å². The molecule has 0 aromatic heterocycles. The standard InChI is InChI=1S/C24H21FN2O2S/c1-15-4-3-5-21(16(15)2)27-22(28)14-30-24(27)18-8-12-20(13-9-18)26-23(29)17-6-10-19(25)11-7-17/h3-13,24H,14H2,1-2H3,(H,26,29). The third kappa shape index (κ3) is 3.96. The lowest BCUT2D eigenvalue weighted by atomic mass is 10.1. The molecule has 30 heavy (non-hydrogen) atoms. The van der Waals surface area contributed by atoms with Crippen molar-refractivity contribution >= 4 is 35.0 Å². The summed E-state index contributed by atoms with van der Waals surface area (Å²) in [5.41, 5.74) is 5.20. The highest BCUT2D eigenvalue weighted by Gasteiger charge is 2.34. The average molecular weight is 421 g/mol. The molecule has 1 atom stereocenters. The first-order chi connectivity index (χ1) is 14.4. The molecule has 1 heterocycles. The van der Waals surface area contributed by atoms with Gasteiger partial charge in [0.1, 0.15) is 11.2 Å². The second-order valence-electron chi connectivity index (χ2n) is 7.23. The van der Waals surface area contributed by atoms with Gasteiger partial charge in [0.25, 0.3) is 5.91 Å². The summed E-state index contributed by atoms with van der Waals surface area (Å²) in [6.07, 6.45) is 0. The zero-order valence-electron chi connectivity index (χ0n) is 16.7. The maximum atomic E-state index is 13.0. The number of halogens is 1. The third-order valence-corrected chi connectivity index (χ3v) is 6.48. The fraction of sp³-hybridized carbons (Fsp3) is 0.167. The van der Waals surface area contributed by atoms with Crippen molar-refractivity contribution in [3.63, 3.8) is 0 Å². The van der Waals surface area contributed by atoms with E-state index in [0.717, 1.165) is 22.4 Å². The molecule has 1 N–H and O–H groups in total. The van der Waals surface area contributed by atoms with Crippen LogP contribution in [0.25, 0.3) is 0 Å². The Morgan fingerprint density at radius 3 is 2.43 bits per heavy atom. The van der Waals surface area contributed by atoms with E-state index >= 15 is 0 Å². The normalized spacial score (nSPS) is 16.0. The maximum Gasteiger partial charge on any atom is 0.255 e. The first kappa shape index (κ1) is 20.2. The number of anilines is 2. The minimum atomic E-state index is -0.382. The fourth-order valence-corrected chi connectivity index (χ4v) is 4.63. The lowest BCUT2D eigenvalue weighted by molar-refractivity contribution is -0.115. The number of benzene rings is 3. The van der Waals surface area contributed by atoms with Crippen molar-refractivity contribution in [3.05, 3.63) is 94.8 Å². The largest absolute Gasteiger partial charge is 0.322 e. The molecule has 3 aromatic carbocycles. The number of hydrogen-bond acceptors (Lipinski definition) is 3. The number of aryl methyl sites for hydroxylation is 1. The van der Waals surface area contributed by atoms with Gasteiger partial charge in [-0.1, -0.05) is 24.3 Å². The second kappa shape index (κ2) is 8.32. The Morgan fingerprint density at radius 1 is 1.03 bits per heavy atom. The molecule has 1 aliphatic heterocycles. The molecule has 0 saturated carbocycles. The van der Waals surface area contributed by atoms with E-state index in [0.29, 0.717) is 17.0 Å². The van der Waals surface area contributed by atoms with Crippen LogP contribution in [0.2, 0.25) is 0 Å². The number of carbonyl (C=O) groups excluding carboxylic acids is 2. The van der Waals surface area contributed by atoms with Crippen molar-refractivity contribution < 1.29 is 14.0 Å². The van der Waals surface area contributed by atoms with Crippen molar-refractivity contribution in [1.29, 1.82) is 0 Å². The van der Waals surface area contributed by atoms with Gasteiger partial charge in [-0.15, -0.1) is 11.8 Å². The van der Waals surface area contributed by atoms with Crippen LogP contribution in [0, 0.1) is 19.7 Å². The predicted octanol–water partition coefficient (Wildman–Crippen LogP) is 5.47. The summed E-state index contributed by atoms with van der Waals surface area (Å²) in [6, 6.07) is 18.9. The molecule has 2 amide bonds. The van der Waals surface area contributed by atoms with E-state index in [2.05, 4.69) is 5.32 Å². The number of thioether (sulfide) groups is 1. The SMILES string of the molecule is Cc1cccc(N2C(=O)CSC2c2ccc(NC(=O)c3ccc(F)cc3)cc2)c1C. The van der Waals surface area contributed by atoms with Gasteiger partial charge in [0.15, 0.2) is 0 Å². The molecule has 1 fully saturated rings. The minimum absolute atomic E-state index is 0.0902. The van der Waals surface area contributed by atoms with Crippen LogP contribution in [0.4, 0.5) is 15.8 Å². The van der Waals surface area contributed by atoms with Crippen molar-refractivity contribution in [2.45, 2.75) is 19.2 Å². The summed E-state index contributed by atoms with van der Waals surface area (Å²) >= 11 is 1.59. The van der Waals surface area contributed by atoms with E-state index in [4.69, 9.17) is 0 Å². The number of amides is 2. The number of rotatable bonds is 4. The van der Waals surface area contributed by atoms with Crippen LogP contribution >= 0.6 is 11.8 Å². The Bertz CT molecular complexity index is 1100. The molecule has 3 aromatic rings. The summed E-state index contributed by atoms with van der Waals surface area (Å²) in [5, 5.41) is 2.70. The van der Waals surface area contributed by atoms with Crippen molar-refractivity contribution in [3.8, 4) is 0 Å². The first-order valence-electron chi connectivity index (χ1n) is 9.61. The quantitative estimate of drug-likeness (QED) is 0.609. The number of nitrogens with zero attached hydrogens (tertiary/aromatic N) is 1. The molecule has 0 radical (unpaired) electrons. The number of nitrogens with one attached hydrogen (secondary N) is 1.